The number of carbonyl (C=O) groups is 1. The Kier molecular flexibility index (Phi) is 8.31. The van der Waals surface area contributed by atoms with Crippen LogP contribution in [0.25, 0.3) is 11.1 Å². The molecule has 34 heavy (non-hydrogen) atoms. The molecule has 0 heterocycles. The van der Waals surface area contributed by atoms with E-state index in [2.05, 4.69) is 5.32 Å². The number of methoxy groups -OCH3 is 1. The molecule has 3 aromatic rings. The second-order valence-corrected chi connectivity index (χ2v) is 9.53. The molecule has 0 aliphatic rings. The van der Waals surface area contributed by atoms with Crippen LogP contribution in [-0.4, -0.2) is 44.9 Å². The Hall–Kier alpha value is -3.36. The molecule has 0 fully saturated rings. The topological polar surface area (TPSA) is 84.9 Å². The Morgan fingerprint density at radius 2 is 1.56 bits per heavy atom. The van der Waals surface area contributed by atoms with Crippen LogP contribution in [0.4, 0.5) is 5.69 Å². The summed E-state index contributed by atoms with van der Waals surface area (Å²) >= 11 is 0. The van der Waals surface area contributed by atoms with Crippen molar-refractivity contribution in [3.8, 4) is 22.6 Å². The van der Waals surface area contributed by atoms with Crippen molar-refractivity contribution < 1.29 is 22.7 Å². The van der Waals surface area contributed by atoms with E-state index in [0.29, 0.717) is 24.6 Å². The number of hydrogen-bond acceptors (Lipinski definition) is 5. The molecule has 1 atom stereocenters. The predicted molar refractivity (Wildman–Crippen MR) is 134 cm³/mol. The predicted octanol–water partition coefficient (Wildman–Crippen LogP) is 4.80. The number of ether oxygens (including phenoxy) is 2. The fourth-order valence-electron chi connectivity index (χ4n) is 3.51. The van der Waals surface area contributed by atoms with Crippen molar-refractivity contribution in [1.29, 1.82) is 0 Å². The highest BCUT2D eigenvalue weighted by Crippen LogP contribution is 2.29. The molecular weight excluding hydrogens is 452 g/mol. The SMILES string of the molecule is CCN(CC)S(=O)(=O)c1ccc(OC)c(NC(=O)C(C)Oc2ccc(-c3ccccc3)cc2)c1. The summed E-state index contributed by atoms with van der Waals surface area (Å²) in [6.07, 6.45) is -0.824. The zero-order valence-corrected chi connectivity index (χ0v) is 20.6. The Balaban J connectivity index is 1.74. The maximum atomic E-state index is 12.9. The third kappa shape index (κ3) is 5.76. The van der Waals surface area contributed by atoms with E-state index >= 15 is 0 Å². The molecule has 0 saturated carbocycles. The van der Waals surface area contributed by atoms with E-state index in [-0.39, 0.29) is 10.6 Å². The minimum Gasteiger partial charge on any atom is -0.495 e. The second-order valence-electron chi connectivity index (χ2n) is 7.59. The van der Waals surface area contributed by atoms with Gasteiger partial charge in [0.15, 0.2) is 6.10 Å². The monoisotopic (exact) mass is 482 g/mol. The zero-order chi connectivity index (χ0) is 24.7. The molecule has 0 aliphatic carbocycles. The fourth-order valence-corrected chi connectivity index (χ4v) is 4.99. The highest BCUT2D eigenvalue weighted by atomic mass is 32.2. The largest absolute Gasteiger partial charge is 0.495 e. The summed E-state index contributed by atoms with van der Waals surface area (Å²) in [7, 11) is -2.23. The number of rotatable bonds is 10. The van der Waals surface area contributed by atoms with Gasteiger partial charge in [0.25, 0.3) is 5.91 Å². The molecule has 0 aromatic heterocycles. The molecule has 1 N–H and O–H groups in total. The Morgan fingerprint density at radius 3 is 2.15 bits per heavy atom. The number of benzene rings is 3. The van der Waals surface area contributed by atoms with Crippen molar-refractivity contribution in [2.24, 2.45) is 0 Å². The highest BCUT2D eigenvalue weighted by molar-refractivity contribution is 7.89. The van der Waals surface area contributed by atoms with Crippen LogP contribution in [0, 0.1) is 0 Å². The van der Waals surface area contributed by atoms with Crippen LogP contribution in [0.15, 0.2) is 77.7 Å². The van der Waals surface area contributed by atoms with Crippen LogP contribution in [0.1, 0.15) is 20.8 Å². The van der Waals surface area contributed by atoms with Crippen molar-refractivity contribution >= 4 is 21.6 Å². The number of hydrogen-bond donors (Lipinski definition) is 1. The minimum absolute atomic E-state index is 0.0809. The van der Waals surface area contributed by atoms with Gasteiger partial charge in [-0.15, -0.1) is 0 Å². The number of carbonyl (C=O) groups excluding carboxylic acids is 1. The maximum Gasteiger partial charge on any atom is 0.265 e. The average Bonchev–Trinajstić information content (AvgIpc) is 2.85. The fraction of sp³-hybridized carbons (Fsp3) is 0.269. The van der Waals surface area contributed by atoms with Crippen molar-refractivity contribution in [2.75, 3.05) is 25.5 Å². The van der Waals surface area contributed by atoms with E-state index in [1.165, 1.54) is 29.6 Å². The first-order valence-corrected chi connectivity index (χ1v) is 12.5. The number of nitrogens with zero attached hydrogens (tertiary/aromatic N) is 1. The van der Waals surface area contributed by atoms with Gasteiger partial charge in [-0.2, -0.15) is 4.31 Å². The molecule has 0 radical (unpaired) electrons. The standard InChI is InChI=1S/C26H30N2O5S/c1-5-28(6-2)34(30,31)23-16-17-25(32-4)24(18-23)27-26(29)19(3)33-22-14-12-21(13-15-22)20-10-8-7-9-11-20/h7-19H,5-6H2,1-4H3,(H,27,29). The first kappa shape index (κ1) is 25.3. The Bertz CT molecular complexity index is 1210. The van der Waals surface area contributed by atoms with Gasteiger partial charge < -0.3 is 14.8 Å². The summed E-state index contributed by atoms with van der Waals surface area (Å²) in [5, 5.41) is 2.73. The normalized spacial score (nSPS) is 12.3. The summed E-state index contributed by atoms with van der Waals surface area (Å²) in [5.41, 5.74) is 2.39. The number of amides is 1. The van der Waals surface area contributed by atoms with Gasteiger partial charge in [0.1, 0.15) is 11.5 Å². The van der Waals surface area contributed by atoms with Gasteiger partial charge >= 0.3 is 0 Å². The quantitative estimate of drug-likeness (QED) is 0.449. The lowest BCUT2D eigenvalue weighted by atomic mass is 10.1. The smallest absolute Gasteiger partial charge is 0.265 e. The van der Waals surface area contributed by atoms with Gasteiger partial charge in [0.2, 0.25) is 10.0 Å². The summed E-state index contributed by atoms with van der Waals surface area (Å²) < 4.78 is 38.2. The van der Waals surface area contributed by atoms with Crippen LogP contribution < -0.4 is 14.8 Å². The van der Waals surface area contributed by atoms with Gasteiger partial charge in [-0.05, 0) is 48.4 Å². The van der Waals surface area contributed by atoms with Gasteiger partial charge in [0.05, 0.1) is 17.7 Å². The molecule has 8 heteroatoms. The van der Waals surface area contributed by atoms with E-state index in [4.69, 9.17) is 9.47 Å². The Labute approximate surface area is 201 Å². The summed E-state index contributed by atoms with van der Waals surface area (Å²) in [5.74, 6) is 0.473. The summed E-state index contributed by atoms with van der Waals surface area (Å²) in [6, 6.07) is 21.8. The molecule has 180 valence electrons. The van der Waals surface area contributed by atoms with Crippen molar-refractivity contribution in [2.45, 2.75) is 31.8 Å². The van der Waals surface area contributed by atoms with Gasteiger partial charge in [-0.1, -0.05) is 56.3 Å². The molecule has 1 unspecified atom stereocenters. The average molecular weight is 483 g/mol. The maximum absolute atomic E-state index is 12.9. The van der Waals surface area contributed by atoms with Crippen molar-refractivity contribution in [3.05, 3.63) is 72.8 Å². The first-order valence-electron chi connectivity index (χ1n) is 11.1. The Morgan fingerprint density at radius 1 is 0.941 bits per heavy atom. The van der Waals surface area contributed by atoms with E-state index in [1.807, 2.05) is 54.6 Å². The second kappa shape index (κ2) is 11.2. The van der Waals surface area contributed by atoms with E-state index in [0.717, 1.165) is 11.1 Å². The van der Waals surface area contributed by atoms with Crippen LogP contribution in [0.5, 0.6) is 11.5 Å². The van der Waals surface area contributed by atoms with Crippen LogP contribution in [-0.2, 0) is 14.8 Å². The van der Waals surface area contributed by atoms with Crippen molar-refractivity contribution in [3.63, 3.8) is 0 Å². The van der Waals surface area contributed by atoms with Gasteiger partial charge in [0, 0.05) is 13.1 Å². The molecule has 3 rings (SSSR count). The van der Waals surface area contributed by atoms with E-state index in [1.54, 1.807) is 20.8 Å². The first-order chi connectivity index (χ1) is 16.3. The molecule has 0 saturated heterocycles. The number of anilines is 1. The zero-order valence-electron chi connectivity index (χ0n) is 19.8. The highest BCUT2D eigenvalue weighted by Gasteiger charge is 2.24. The summed E-state index contributed by atoms with van der Waals surface area (Å²) in [4.78, 5) is 12.9. The molecule has 3 aromatic carbocycles. The van der Waals surface area contributed by atoms with Crippen molar-refractivity contribution in [1.82, 2.24) is 4.31 Å². The molecular formula is C26H30N2O5S. The minimum atomic E-state index is -3.69. The van der Waals surface area contributed by atoms with Crippen LogP contribution >= 0.6 is 0 Å². The lowest BCUT2D eigenvalue weighted by molar-refractivity contribution is -0.122. The van der Waals surface area contributed by atoms with E-state index in [9.17, 15) is 13.2 Å². The van der Waals surface area contributed by atoms with E-state index < -0.39 is 22.0 Å². The molecule has 0 spiro atoms. The lowest BCUT2D eigenvalue weighted by Crippen LogP contribution is -2.31. The third-order valence-corrected chi connectivity index (χ3v) is 7.46. The molecule has 1 amide bonds. The third-order valence-electron chi connectivity index (χ3n) is 5.42. The lowest BCUT2D eigenvalue weighted by Gasteiger charge is -2.20. The van der Waals surface area contributed by atoms with Crippen LogP contribution in [0.3, 0.4) is 0 Å². The number of nitrogens with one attached hydrogen (secondary N) is 1. The van der Waals surface area contributed by atoms with Gasteiger partial charge in [-0.3, -0.25) is 4.79 Å². The molecule has 7 nitrogen and oxygen atoms in total. The van der Waals surface area contributed by atoms with Crippen LogP contribution in [0.2, 0.25) is 0 Å². The molecule has 0 aliphatic heterocycles. The number of sulfonamides is 1. The van der Waals surface area contributed by atoms with Gasteiger partial charge in [-0.25, -0.2) is 8.42 Å². The summed E-state index contributed by atoms with van der Waals surface area (Å²) in [6.45, 7) is 5.88. The molecule has 0 bridgehead atoms.